The molecule has 17 heavy (non-hydrogen) atoms. The third kappa shape index (κ3) is 2.76. The molecule has 2 heterocycles. The van der Waals surface area contributed by atoms with Crippen LogP contribution in [0.3, 0.4) is 0 Å². The summed E-state index contributed by atoms with van der Waals surface area (Å²) in [5.74, 6) is 0.382. The Hall–Kier alpha value is -0.290. The van der Waals surface area contributed by atoms with Crippen molar-refractivity contribution in [1.29, 1.82) is 0 Å². The SMILES string of the molecule is Cc1csc(C(=O)N2CCOC(CCl)C2)c1Cl. The van der Waals surface area contributed by atoms with Crippen LogP contribution in [0.2, 0.25) is 5.02 Å². The van der Waals surface area contributed by atoms with E-state index >= 15 is 0 Å². The fourth-order valence-corrected chi connectivity index (χ4v) is 3.14. The van der Waals surface area contributed by atoms with Gasteiger partial charge in [0.1, 0.15) is 4.88 Å². The van der Waals surface area contributed by atoms with E-state index in [0.717, 1.165) is 5.56 Å². The van der Waals surface area contributed by atoms with Crippen molar-refractivity contribution >= 4 is 40.4 Å². The van der Waals surface area contributed by atoms with Gasteiger partial charge in [-0.2, -0.15) is 0 Å². The molecule has 1 aliphatic heterocycles. The zero-order valence-corrected chi connectivity index (χ0v) is 11.7. The van der Waals surface area contributed by atoms with Gasteiger partial charge in [0.15, 0.2) is 0 Å². The first-order chi connectivity index (χ1) is 8.13. The van der Waals surface area contributed by atoms with Gasteiger partial charge in [0, 0.05) is 13.1 Å². The van der Waals surface area contributed by atoms with E-state index < -0.39 is 0 Å². The van der Waals surface area contributed by atoms with Gasteiger partial charge in [-0.25, -0.2) is 0 Å². The summed E-state index contributed by atoms with van der Waals surface area (Å²) < 4.78 is 5.42. The number of thiophene rings is 1. The summed E-state index contributed by atoms with van der Waals surface area (Å²) in [6.45, 7) is 3.57. The molecule has 0 saturated carbocycles. The lowest BCUT2D eigenvalue weighted by molar-refractivity contribution is -0.0106. The molecule has 1 amide bonds. The van der Waals surface area contributed by atoms with Crippen molar-refractivity contribution in [2.75, 3.05) is 25.6 Å². The van der Waals surface area contributed by atoms with E-state index in [2.05, 4.69) is 0 Å². The maximum absolute atomic E-state index is 12.2. The quantitative estimate of drug-likeness (QED) is 0.785. The molecular formula is C11H13Cl2NO2S. The largest absolute Gasteiger partial charge is 0.373 e. The first-order valence-electron chi connectivity index (χ1n) is 5.34. The molecule has 0 N–H and O–H groups in total. The number of hydrogen-bond donors (Lipinski definition) is 0. The van der Waals surface area contributed by atoms with Crippen molar-refractivity contribution < 1.29 is 9.53 Å². The van der Waals surface area contributed by atoms with Gasteiger partial charge < -0.3 is 9.64 Å². The van der Waals surface area contributed by atoms with Crippen LogP contribution in [0.4, 0.5) is 0 Å². The van der Waals surface area contributed by atoms with E-state index in [1.165, 1.54) is 11.3 Å². The fraction of sp³-hybridized carbons (Fsp3) is 0.545. The van der Waals surface area contributed by atoms with Crippen LogP contribution in [-0.2, 0) is 4.74 Å². The molecule has 6 heteroatoms. The fourth-order valence-electron chi connectivity index (χ4n) is 1.71. The Bertz CT molecular complexity index is 422. The van der Waals surface area contributed by atoms with Gasteiger partial charge >= 0.3 is 0 Å². The van der Waals surface area contributed by atoms with Crippen molar-refractivity contribution in [3.8, 4) is 0 Å². The summed E-state index contributed by atoms with van der Waals surface area (Å²) in [4.78, 5) is 14.6. The van der Waals surface area contributed by atoms with Crippen LogP contribution in [0.25, 0.3) is 0 Å². The second-order valence-electron chi connectivity index (χ2n) is 3.96. The molecule has 0 bridgehead atoms. The lowest BCUT2D eigenvalue weighted by Crippen LogP contribution is -2.46. The van der Waals surface area contributed by atoms with Crippen LogP contribution in [-0.4, -0.2) is 42.5 Å². The molecule has 1 atom stereocenters. The van der Waals surface area contributed by atoms with Gasteiger partial charge in [-0.1, -0.05) is 11.6 Å². The number of alkyl halides is 1. The number of amides is 1. The maximum Gasteiger partial charge on any atom is 0.265 e. The maximum atomic E-state index is 12.2. The van der Waals surface area contributed by atoms with E-state index in [0.29, 0.717) is 35.5 Å². The highest BCUT2D eigenvalue weighted by molar-refractivity contribution is 7.13. The Balaban J connectivity index is 2.12. The molecule has 0 spiro atoms. The minimum atomic E-state index is -0.0748. The predicted molar refractivity (Wildman–Crippen MR) is 70.4 cm³/mol. The zero-order valence-electron chi connectivity index (χ0n) is 9.41. The highest BCUT2D eigenvalue weighted by Crippen LogP contribution is 2.28. The summed E-state index contributed by atoms with van der Waals surface area (Å²) >= 11 is 13.2. The topological polar surface area (TPSA) is 29.5 Å². The minimum absolute atomic E-state index is 0.0217. The number of rotatable bonds is 2. The molecule has 1 saturated heterocycles. The molecule has 1 unspecified atom stereocenters. The first kappa shape index (κ1) is 13.1. The highest BCUT2D eigenvalue weighted by Gasteiger charge is 2.26. The summed E-state index contributed by atoms with van der Waals surface area (Å²) in [6.07, 6.45) is -0.0748. The monoisotopic (exact) mass is 293 g/mol. The van der Waals surface area contributed by atoms with Crippen LogP contribution >= 0.6 is 34.5 Å². The Morgan fingerprint density at radius 3 is 3.06 bits per heavy atom. The van der Waals surface area contributed by atoms with E-state index in [4.69, 9.17) is 27.9 Å². The zero-order chi connectivity index (χ0) is 12.4. The molecular weight excluding hydrogens is 281 g/mol. The smallest absolute Gasteiger partial charge is 0.265 e. The van der Waals surface area contributed by atoms with Crippen molar-refractivity contribution in [3.05, 3.63) is 20.8 Å². The van der Waals surface area contributed by atoms with Gasteiger partial charge in [0.2, 0.25) is 0 Å². The molecule has 0 aliphatic carbocycles. The summed E-state index contributed by atoms with van der Waals surface area (Å²) in [6, 6.07) is 0. The Morgan fingerprint density at radius 2 is 2.47 bits per heavy atom. The van der Waals surface area contributed by atoms with Gasteiger partial charge in [-0.15, -0.1) is 22.9 Å². The standard InChI is InChI=1S/C11H13Cl2NO2S/c1-7-6-17-10(9(7)13)11(15)14-2-3-16-8(4-12)5-14/h6,8H,2-5H2,1H3. The van der Waals surface area contributed by atoms with E-state index in [9.17, 15) is 4.79 Å². The molecule has 2 rings (SSSR count). The molecule has 3 nitrogen and oxygen atoms in total. The van der Waals surface area contributed by atoms with Crippen LogP contribution in [0, 0.1) is 6.92 Å². The number of morpholine rings is 1. The van der Waals surface area contributed by atoms with E-state index in [1.807, 2.05) is 12.3 Å². The Morgan fingerprint density at radius 1 is 1.71 bits per heavy atom. The normalized spacial score (nSPS) is 20.6. The highest BCUT2D eigenvalue weighted by atomic mass is 35.5. The van der Waals surface area contributed by atoms with Crippen molar-refractivity contribution in [2.24, 2.45) is 0 Å². The third-order valence-electron chi connectivity index (χ3n) is 2.69. The number of carbonyl (C=O) groups excluding carboxylic acids is 1. The number of nitrogens with zero attached hydrogens (tertiary/aromatic N) is 1. The second kappa shape index (κ2) is 5.57. The number of halogens is 2. The van der Waals surface area contributed by atoms with Gasteiger partial charge in [-0.3, -0.25) is 4.79 Å². The second-order valence-corrected chi connectivity index (χ2v) is 5.53. The summed E-state index contributed by atoms with van der Waals surface area (Å²) in [5, 5.41) is 2.46. The predicted octanol–water partition coefficient (Wildman–Crippen LogP) is 2.79. The molecule has 0 radical (unpaired) electrons. The van der Waals surface area contributed by atoms with Gasteiger partial charge in [-0.05, 0) is 17.9 Å². The van der Waals surface area contributed by atoms with Gasteiger partial charge in [0.25, 0.3) is 5.91 Å². The molecule has 94 valence electrons. The average Bonchev–Trinajstić information content (AvgIpc) is 2.69. The number of ether oxygens (including phenoxy) is 1. The number of hydrogen-bond acceptors (Lipinski definition) is 3. The van der Waals surface area contributed by atoms with Crippen molar-refractivity contribution in [1.82, 2.24) is 4.90 Å². The van der Waals surface area contributed by atoms with Gasteiger partial charge in [0.05, 0.1) is 23.6 Å². The Kier molecular flexibility index (Phi) is 4.31. The third-order valence-corrected chi connectivity index (χ3v) is 4.72. The lowest BCUT2D eigenvalue weighted by atomic mass is 10.2. The van der Waals surface area contributed by atoms with Crippen LogP contribution in [0.5, 0.6) is 0 Å². The van der Waals surface area contributed by atoms with Crippen LogP contribution in [0.15, 0.2) is 5.38 Å². The average molecular weight is 294 g/mol. The number of carbonyl (C=O) groups is 1. The molecule has 1 aliphatic rings. The lowest BCUT2D eigenvalue weighted by Gasteiger charge is -2.31. The molecule has 0 aromatic carbocycles. The van der Waals surface area contributed by atoms with E-state index in [1.54, 1.807) is 4.90 Å². The van der Waals surface area contributed by atoms with Crippen LogP contribution in [0.1, 0.15) is 15.2 Å². The Labute approximate surface area is 114 Å². The minimum Gasteiger partial charge on any atom is -0.373 e. The summed E-state index contributed by atoms with van der Waals surface area (Å²) in [7, 11) is 0. The van der Waals surface area contributed by atoms with Crippen molar-refractivity contribution in [3.63, 3.8) is 0 Å². The number of aryl methyl sites for hydroxylation is 1. The van der Waals surface area contributed by atoms with E-state index in [-0.39, 0.29) is 12.0 Å². The first-order valence-corrected chi connectivity index (χ1v) is 7.13. The molecule has 1 aromatic heterocycles. The molecule has 1 aromatic rings. The van der Waals surface area contributed by atoms with Crippen molar-refractivity contribution in [2.45, 2.75) is 13.0 Å². The summed E-state index contributed by atoms with van der Waals surface area (Å²) in [5.41, 5.74) is 0.946. The van der Waals surface area contributed by atoms with Crippen LogP contribution < -0.4 is 0 Å². The molecule has 1 fully saturated rings.